The summed E-state index contributed by atoms with van der Waals surface area (Å²) in [6.45, 7) is 4.60. The largest absolute Gasteiger partial charge is 0.497 e. The maximum atomic E-state index is 11.6. The Bertz CT molecular complexity index is 421. The standard InChI is InChI=1S/C14H23N3O2/c1-4-10(2)17-14(18)5-6-16-12-7-11(15)8-13(9-12)19-3/h7-10,16H,4-6,15H2,1-3H3,(H,17,18). The molecule has 1 atom stereocenters. The van der Waals surface area contributed by atoms with Crippen molar-refractivity contribution >= 4 is 17.3 Å². The number of nitrogens with two attached hydrogens (primary N) is 1. The highest BCUT2D eigenvalue weighted by molar-refractivity contribution is 5.76. The third-order valence-corrected chi connectivity index (χ3v) is 2.87. The van der Waals surface area contributed by atoms with Gasteiger partial charge in [-0.2, -0.15) is 0 Å². The summed E-state index contributed by atoms with van der Waals surface area (Å²) >= 11 is 0. The first-order valence-corrected chi connectivity index (χ1v) is 6.53. The highest BCUT2D eigenvalue weighted by atomic mass is 16.5. The minimum atomic E-state index is 0.0534. The number of hydrogen-bond donors (Lipinski definition) is 3. The average molecular weight is 265 g/mol. The predicted octanol–water partition coefficient (Wildman–Crippen LogP) is 1.99. The zero-order valence-electron chi connectivity index (χ0n) is 11.8. The van der Waals surface area contributed by atoms with Crippen LogP contribution in [0, 0.1) is 0 Å². The second-order valence-corrected chi connectivity index (χ2v) is 4.55. The van der Waals surface area contributed by atoms with E-state index in [1.54, 1.807) is 13.2 Å². The number of carbonyl (C=O) groups excluding carboxylic acids is 1. The molecule has 0 saturated carbocycles. The fourth-order valence-corrected chi connectivity index (χ4v) is 1.61. The highest BCUT2D eigenvalue weighted by Gasteiger charge is 2.05. The molecule has 0 radical (unpaired) electrons. The summed E-state index contributed by atoms with van der Waals surface area (Å²) in [5.74, 6) is 0.754. The van der Waals surface area contributed by atoms with E-state index in [1.165, 1.54) is 0 Å². The molecule has 5 heteroatoms. The van der Waals surface area contributed by atoms with Crippen molar-refractivity contribution in [2.75, 3.05) is 24.7 Å². The van der Waals surface area contributed by atoms with E-state index in [2.05, 4.69) is 10.6 Å². The molecule has 1 aromatic rings. The summed E-state index contributed by atoms with van der Waals surface area (Å²) in [4.78, 5) is 11.6. The lowest BCUT2D eigenvalue weighted by atomic mass is 10.2. The van der Waals surface area contributed by atoms with Gasteiger partial charge in [0, 0.05) is 42.5 Å². The van der Waals surface area contributed by atoms with E-state index >= 15 is 0 Å². The first kappa shape index (κ1) is 15.1. The Hall–Kier alpha value is -1.91. The summed E-state index contributed by atoms with van der Waals surface area (Å²) in [6, 6.07) is 5.64. The zero-order chi connectivity index (χ0) is 14.3. The van der Waals surface area contributed by atoms with Crippen molar-refractivity contribution in [1.82, 2.24) is 5.32 Å². The Morgan fingerprint density at radius 3 is 2.79 bits per heavy atom. The lowest BCUT2D eigenvalue weighted by molar-refractivity contribution is -0.121. The normalized spacial score (nSPS) is 11.7. The van der Waals surface area contributed by atoms with Crippen LogP contribution in [0.5, 0.6) is 5.75 Å². The monoisotopic (exact) mass is 265 g/mol. The number of methoxy groups -OCH3 is 1. The van der Waals surface area contributed by atoms with Crippen molar-refractivity contribution in [3.05, 3.63) is 18.2 Å². The molecule has 1 unspecified atom stereocenters. The van der Waals surface area contributed by atoms with E-state index in [0.29, 0.717) is 24.4 Å². The summed E-state index contributed by atoms with van der Waals surface area (Å²) < 4.78 is 5.13. The number of ether oxygens (including phenoxy) is 1. The quantitative estimate of drug-likeness (QED) is 0.659. The maximum absolute atomic E-state index is 11.6. The van der Waals surface area contributed by atoms with Gasteiger partial charge < -0.3 is 21.1 Å². The number of carbonyl (C=O) groups is 1. The van der Waals surface area contributed by atoms with E-state index in [4.69, 9.17) is 10.5 Å². The van der Waals surface area contributed by atoms with Gasteiger partial charge in [0.05, 0.1) is 7.11 Å². The molecule has 1 aromatic carbocycles. The van der Waals surface area contributed by atoms with Gasteiger partial charge in [-0.05, 0) is 19.4 Å². The van der Waals surface area contributed by atoms with Gasteiger partial charge in [0.2, 0.25) is 5.91 Å². The summed E-state index contributed by atoms with van der Waals surface area (Å²) in [6.07, 6.45) is 1.37. The van der Waals surface area contributed by atoms with Crippen LogP contribution in [-0.2, 0) is 4.79 Å². The van der Waals surface area contributed by atoms with Gasteiger partial charge in [-0.25, -0.2) is 0 Å². The minimum absolute atomic E-state index is 0.0534. The van der Waals surface area contributed by atoms with E-state index in [0.717, 1.165) is 12.1 Å². The van der Waals surface area contributed by atoms with E-state index in [-0.39, 0.29) is 11.9 Å². The predicted molar refractivity (Wildman–Crippen MR) is 78.4 cm³/mol. The van der Waals surface area contributed by atoms with Gasteiger partial charge >= 0.3 is 0 Å². The van der Waals surface area contributed by atoms with Crippen molar-refractivity contribution < 1.29 is 9.53 Å². The number of nitrogen functional groups attached to an aromatic ring is 1. The van der Waals surface area contributed by atoms with Crippen LogP contribution in [0.15, 0.2) is 18.2 Å². The molecule has 0 aliphatic heterocycles. The Balaban J connectivity index is 2.40. The molecule has 0 spiro atoms. The lowest BCUT2D eigenvalue weighted by Crippen LogP contribution is -2.32. The molecular weight excluding hydrogens is 242 g/mol. The van der Waals surface area contributed by atoms with Gasteiger partial charge in [-0.1, -0.05) is 6.92 Å². The van der Waals surface area contributed by atoms with Crippen molar-refractivity contribution in [3.63, 3.8) is 0 Å². The lowest BCUT2D eigenvalue weighted by Gasteiger charge is -2.12. The van der Waals surface area contributed by atoms with Gasteiger partial charge in [0.15, 0.2) is 0 Å². The van der Waals surface area contributed by atoms with Gasteiger partial charge in [0.25, 0.3) is 0 Å². The Morgan fingerprint density at radius 1 is 1.42 bits per heavy atom. The Labute approximate surface area is 114 Å². The molecule has 19 heavy (non-hydrogen) atoms. The van der Waals surface area contributed by atoms with Crippen LogP contribution in [-0.4, -0.2) is 25.6 Å². The van der Waals surface area contributed by atoms with Crippen molar-refractivity contribution in [3.8, 4) is 5.75 Å². The molecule has 0 saturated heterocycles. The van der Waals surface area contributed by atoms with Crippen LogP contribution in [0.25, 0.3) is 0 Å². The van der Waals surface area contributed by atoms with Crippen LogP contribution in [0.1, 0.15) is 26.7 Å². The molecular formula is C14H23N3O2. The van der Waals surface area contributed by atoms with E-state index in [9.17, 15) is 4.79 Å². The smallest absolute Gasteiger partial charge is 0.221 e. The molecule has 4 N–H and O–H groups in total. The molecule has 0 aliphatic carbocycles. The van der Waals surface area contributed by atoms with E-state index < -0.39 is 0 Å². The fraction of sp³-hybridized carbons (Fsp3) is 0.500. The highest BCUT2D eigenvalue weighted by Crippen LogP contribution is 2.21. The van der Waals surface area contributed by atoms with Crippen LogP contribution in [0.2, 0.25) is 0 Å². The molecule has 0 aliphatic rings. The van der Waals surface area contributed by atoms with Crippen LogP contribution < -0.4 is 21.1 Å². The molecule has 0 aromatic heterocycles. The molecule has 1 rings (SSSR count). The Kier molecular flexibility index (Phi) is 5.99. The fourth-order valence-electron chi connectivity index (χ4n) is 1.61. The average Bonchev–Trinajstić information content (AvgIpc) is 2.37. The Morgan fingerprint density at radius 2 is 2.16 bits per heavy atom. The van der Waals surface area contributed by atoms with E-state index in [1.807, 2.05) is 26.0 Å². The third-order valence-electron chi connectivity index (χ3n) is 2.87. The minimum Gasteiger partial charge on any atom is -0.497 e. The molecule has 0 fully saturated rings. The maximum Gasteiger partial charge on any atom is 0.221 e. The molecule has 106 valence electrons. The van der Waals surface area contributed by atoms with Crippen LogP contribution in [0.3, 0.4) is 0 Å². The van der Waals surface area contributed by atoms with Crippen molar-refractivity contribution in [1.29, 1.82) is 0 Å². The number of rotatable bonds is 7. The second kappa shape index (κ2) is 7.51. The first-order chi connectivity index (χ1) is 9.05. The first-order valence-electron chi connectivity index (χ1n) is 6.53. The number of anilines is 2. The number of amides is 1. The summed E-state index contributed by atoms with van der Waals surface area (Å²) in [5.41, 5.74) is 7.24. The molecule has 0 bridgehead atoms. The number of benzene rings is 1. The van der Waals surface area contributed by atoms with Crippen molar-refractivity contribution in [2.24, 2.45) is 0 Å². The van der Waals surface area contributed by atoms with Gasteiger partial charge in [0.1, 0.15) is 5.75 Å². The summed E-state index contributed by atoms with van der Waals surface area (Å²) in [5, 5.41) is 6.08. The van der Waals surface area contributed by atoms with Gasteiger partial charge in [-0.15, -0.1) is 0 Å². The van der Waals surface area contributed by atoms with Crippen molar-refractivity contribution in [2.45, 2.75) is 32.7 Å². The van der Waals surface area contributed by atoms with Crippen LogP contribution in [0.4, 0.5) is 11.4 Å². The number of nitrogens with one attached hydrogen (secondary N) is 2. The summed E-state index contributed by atoms with van der Waals surface area (Å²) in [7, 11) is 1.60. The second-order valence-electron chi connectivity index (χ2n) is 4.55. The SMILES string of the molecule is CCC(C)NC(=O)CCNc1cc(N)cc(OC)c1. The molecule has 0 heterocycles. The molecule has 1 amide bonds. The third kappa shape index (κ3) is 5.50. The number of hydrogen-bond acceptors (Lipinski definition) is 4. The molecule has 5 nitrogen and oxygen atoms in total. The van der Waals surface area contributed by atoms with Gasteiger partial charge in [-0.3, -0.25) is 4.79 Å². The topological polar surface area (TPSA) is 76.4 Å². The zero-order valence-corrected chi connectivity index (χ0v) is 11.8. The van der Waals surface area contributed by atoms with Crippen LogP contribution >= 0.6 is 0 Å².